The lowest BCUT2D eigenvalue weighted by Crippen LogP contribution is -2.27. The number of carbonyl (C=O) groups is 2. The third kappa shape index (κ3) is 4.52. The van der Waals surface area contributed by atoms with Crippen LogP contribution in [0.3, 0.4) is 0 Å². The van der Waals surface area contributed by atoms with Crippen molar-refractivity contribution in [2.45, 2.75) is 33.6 Å². The fourth-order valence-corrected chi connectivity index (χ4v) is 3.97. The first-order valence-corrected chi connectivity index (χ1v) is 9.84. The van der Waals surface area contributed by atoms with Gasteiger partial charge in [0.2, 0.25) is 0 Å². The number of nitrogens with one attached hydrogen (secondary N) is 1. The summed E-state index contributed by atoms with van der Waals surface area (Å²) in [6.07, 6.45) is 1.35. The van der Waals surface area contributed by atoms with Crippen molar-refractivity contribution in [1.82, 2.24) is 4.57 Å². The second-order valence-electron chi connectivity index (χ2n) is 8.28. The Balaban J connectivity index is 1.97. The SMILES string of the molecule is Cc1cc2c(n1-c1ccc(C(N)=O)c(NCCOCCO)c1)CC(C)(C)CC2=O. The van der Waals surface area contributed by atoms with Crippen molar-refractivity contribution in [3.8, 4) is 5.69 Å². The summed E-state index contributed by atoms with van der Waals surface area (Å²) in [5.74, 6) is -0.343. The molecule has 0 saturated heterocycles. The van der Waals surface area contributed by atoms with Crippen LogP contribution in [0.1, 0.15) is 52.4 Å². The molecular formula is C22H29N3O4. The van der Waals surface area contributed by atoms with E-state index in [4.69, 9.17) is 15.6 Å². The molecule has 0 bridgehead atoms. The predicted molar refractivity (Wildman–Crippen MR) is 112 cm³/mol. The van der Waals surface area contributed by atoms with E-state index in [9.17, 15) is 9.59 Å². The molecule has 2 aromatic rings. The average Bonchev–Trinajstić information content (AvgIpc) is 2.96. The van der Waals surface area contributed by atoms with Crippen LogP contribution in [-0.4, -0.2) is 47.7 Å². The van der Waals surface area contributed by atoms with Gasteiger partial charge >= 0.3 is 0 Å². The highest BCUT2D eigenvalue weighted by atomic mass is 16.5. The van der Waals surface area contributed by atoms with Crippen molar-refractivity contribution in [3.05, 3.63) is 46.8 Å². The van der Waals surface area contributed by atoms with Crippen LogP contribution in [0.25, 0.3) is 5.69 Å². The summed E-state index contributed by atoms with van der Waals surface area (Å²) in [5, 5.41) is 12.0. The van der Waals surface area contributed by atoms with E-state index in [0.29, 0.717) is 30.8 Å². The maximum atomic E-state index is 12.6. The Morgan fingerprint density at radius 1 is 1.28 bits per heavy atom. The van der Waals surface area contributed by atoms with E-state index >= 15 is 0 Å². The summed E-state index contributed by atoms with van der Waals surface area (Å²) >= 11 is 0. The van der Waals surface area contributed by atoms with Crippen molar-refractivity contribution in [1.29, 1.82) is 0 Å². The number of aliphatic hydroxyl groups is 1. The number of ether oxygens (including phenoxy) is 1. The van der Waals surface area contributed by atoms with Gasteiger partial charge in [-0.3, -0.25) is 9.59 Å². The lowest BCUT2D eigenvalue weighted by Gasteiger charge is -2.30. The molecule has 0 saturated carbocycles. The van der Waals surface area contributed by atoms with Gasteiger partial charge in [0.25, 0.3) is 5.91 Å². The molecule has 156 valence electrons. The number of aliphatic hydroxyl groups excluding tert-OH is 1. The van der Waals surface area contributed by atoms with Crippen LogP contribution in [0.5, 0.6) is 0 Å². The number of benzene rings is 1. The van der Waals surface area contributed by atoms with Crippen molar-refractivity contribution in [3.63, 3.8) is 0 Å². The van der Waals surface area contributed by atoms with Gasteiger partial charge in [0, 0.05) is 41.3 Å². The summed E-state index contributed by atoms with van der Waals surface area (Å²) in [4.78, 5) is 24.5. The predicted octanol–water partition coefficient (Wildman–Crippen LogP) is 2.46. The molecule has 1 aromatic heterocycles. The molecule has 1 aromatic carbocycles. The summed E-state index contributed by atoms with van der Waals surface area (Å²) in [6.45, 7) is 7.29. The van der Waals surface area contributed by atoms with Crippen molar-refractivity contribution in [2.24, 2.45) is 11.1 Å². The average molecular weight is 399 g/mol. The Labute approximate surface area is 170 Å². The zero-order chi connectivity index (χ0) is 21.2. The van der Waals surface area contributed by atoms with E-state index in [1.165, 1.54) is 0 Å². The van der Waals surface area contributed by atoms with E-state index < -0.39 is 5.91 Å². The minimum Gasteiger partial charge on any atom is -0.394 e. The first kappa shape index (κ1) is 21.1. The number of carbonyl (C=O) groups excluding carboxylic acids is 2. The van der Waals surface area contributed by atoms with Gasteiger partial charge in [-0.15, -0.1) is 0 Å². The Morgan fingerprint density at radius 3 is 2.72 bits per heavy atom. The molecule has 1 aliphatic carbocycles. The number of amides is 1. The van der Waals surface area contributed by atoms with Gasteiger partial charge in [-0.1, -0.05) is 13.8 Å². The number of fused-ring (bicyclic) bond motifs is 1. The highest BCUT2D eigenvalue weighted by Gasteiger charge is 2.34. The quantitative estimate of drug-likeness (QED) is 0.591. The number of hydrogen-bond donors (Lipinski definition) is 3. The standard InChI is InChI=1S/C22H29N3O4/c1-14-10-17-19(12-22(2,3)13-20(17)27)25(14)15-4-5-16(21(23)28)18(11-15)24-6-8-29-9-7-26/h4-5,10-11,24,26H,6-9,12-13H2,1-3H3,(H2,23,28). The highest BCUT2D eigenvalue weighted by Crippen LogP contribution is 2.38. The van der Waals surface area contributed by atoms with Crippen LogP contribution in [0.2, 0.25) is 0 Å². The zero-order valence-corrected chi connectivity index (χ0v) is 17.2. The molecule has 1 heterocycles. The Hall–Kier alpha value is -2.64. The van der Waals surface area contributed by atoms with Gasteiger partial charge in [-0.2, -0.15) is 0 Å². The molecule has 1 aliphatic rings. The second-order valence-corrected chi connectivity index (χ2v) is 8.28. The minimum atomic E-state index is -0.516. The van der Waals surface area contributed by atoms with Crippen molar-refractivity contribution < 1.29 is 19.4 Å². The molecular weight excluding hydrogens is 370 g/mol. The lowest BCUT2D eigenvalue weighted by molar-refractivity contribution is 0.0910. The first-order chi connectivity index (χ1) is 13.7. The van der Waals surface area contributed by atoms with E-state index in [1.807, 2.05) is 25.1 Å². The monoisotopic (exact) mass is 399 g/mol. The maximum absolute atomic E-state index is 12.6. The molecule has 29 heavy (non-hydrogen) atoms. The fraction of sp³-hybridized carbons (Fsp3) is 0.455. The number of primary amides is 1. The molecule has 1 amide bonds. The molecule has 7 heteroatoms. The van der Waals surface area contributed by atoms with Gasteiger partial charge in [-0.05, 0) is 43.0 Å². The minimum absolute atomic E-state index is 0.0326. The molecule has 0 aliphatic heterocycles. The van der Waals surface area contributed by atoms with Crippen LogP contribution in [0.4, 0.5) is 5.69 Å². The maximum Gasteiger partial charge on any atom is 0.250 e. The van der Waals surface area contributed by atoms with Gasteiger partial charge in [0.1, 0.15) is 0 Å². The lowest BCUT2D eigenvalue weighted by atomic mass is 9.76. The largest absolute Gasteiger partial charge is 0.394 e. The van der Waals surface area contributed by atoms with E-state index in [2.05, 4.69) is 23.7 Å². The van der Waals surface area contributed by atoms with Gasteiger partial charge in [0.15, 0.2) is 5.78 Å². The molecule has 3 rings (SSSR count). The smallest absolute Gasteiger partial charge is 0.250 e. The Bertz CT molecular complexity index is 930. The summed E-state index contributed by atoms with van der Waals surface area (Å²) in [5.41, 5.74) is 10.1. The zero-order valence-electron chi connectivity index (χ0n) is 17.2. The number of aryl methyl sites for hydroxylation is 1. The number of nitrogens with two attached hydrogens (primary N) is 1. The molecule has 0 atom stereocenters. The van der Waals surface area contributed by atoms with Crippen LogP contribution in [0, 0.1) is 12.3 Å². The van der Waals surface area contributed by atoms with Crippen molar-refractivity contribution in [2.75, 3.05) is 31.7 Å². The first-order valence-electron chi connectivity index (χ1n) is 9.84. The van der Waals surface area contributed by atoms with Gasteiger partial charge in [0.05, 0.1) is 25.4 Å². The van der Waals surface area contributed by atoms with E-state index in [0.717, 1.165) is 29.1 Å². The number of Topliss-reactive ketones (excluding diaryl/α,β-unsaturated/α-hetero) is 1. The molecule has 7 nitrogen and oxygen atoms in total. The Kier molecular flexibility index (Phi) is 6.10. The number of anilines is 1. The number of aromatic nitrogens is 1. The normalized spacial score (nSPS) is 15.2. The molecule has 4 N–H and O–H groups in total. The summed E-state index contributed by atoms with van der Waals surface area (Å²) in [7, 11) is 0. The molecule has 0 radical (unpaired) electrons. The third-order valence-electron chi connectivity index (χ3n) is 5.20. The van der Waals surface area contributed by atoms with Crippen LogP contribution < -0.4 is 11.1 Å². The summed E-state index contributed by atoms with van der Waals surface area (Å²) in [6, 6.07) is 7.39. The number of hydrogen-bond acceptors (Lipinski definition) is 5. The Morgan fingerprint density at radius 2 is 2.03 bits per heavy atom. The molecule has 0 fully saturated rings. The third-order valence-corrected chi connectivity index (χ3v) is 5.20. The number of nitrogens with zero attached hydrogens (tertiary/aromatic N) is 1. The van der Waals surface area contributed by atoms with Crippen LogP contribution >= 0.6 is 0 Å². The molecule has 0 spiro atoms. The van der Waals surface area contributed by atoms with Gasteiger partial charge < -0.3 is 25.5 Å². The number of rotatable bonds is 8. The second kappa shape index (κ2) is 8.39. The van der Waals surface area contributed by atoms with Crippen LogP contribution in [0.15, 0.2) is 24.3 Å². The van der Waals surface area contributed by atoms with Crippen LogP contribution in [-0.2, 0) is 11.2 Å². The van der Waals surface area contributed by atoms with E-state index in [1.54, 1.807) is 6.07 Å². The van der Waals surface area contributed by atoms with Crippen molar-refractivity contribution >= 4 is 17.4 Å². The van der Waals surface area contributed by atoms with E-state index in [-0.39, 0.29) is 24.4 Å². The number of ketones is 1. The van der Waals surface area contributed by atoms with Gasteiger partial charge in [-0.25, -0.2) is 0 Å². The topological polar surface area (TPSA) is 107 Å². The highest BCUT2D eigenvalue weighted by molar-refractivity contribution is 6.00. The summed E-state index contributed by atoms with van der Waals surface area (Å²) < 4.78 is 7.35. The molecule has 0 unspecified atom stereocenters. The fourth-order valence-electron chi connectivity index (χ4n) is 3.97.